The molecule has 9 rings (SSSR count). The van der Waals surface area contributed by atoms with Crippen molar-refractivity contribution in [2.24, 2.45) is 0 Å². The number of ketones is 1. The van der Waals surface area contributed by atoms with Crippen molar-refractivity contribution in [2.45, 2.75) is 107 Å². The van der Waals surface area contributed by atoms with Gasteiger partial charge in [0.2, 0.25) is 0 Å². The topological polar surface area (TPSA) is 76.0 Å². The summed E-state index contributed by atoms with van der Waals surface area (Å²) in [5, 5.41) is 23.6. The largest absolute Gasteiger partial charge is 0.394 e. The van der Waals surface area contributed by atoms with Gasteiger partial charge in [-0.25, -0.2) is 0 Å². The second kappa shape index (κ2) is 18.1. The van der Waals surface area contributed by atoms with Crippen LogP contribution >= 0.6 is 15.8 Å². The van der Waals surface area contributed by atoms with E-state index in [1.165, 1.54) is 54.4 Å². The van der Waals surface area contributed by atoms with Gasteiger partial charge in [-0.2, -0.15) is 0 Å². The molecule has 0 atom stereocenters. The van der Waals surface area contributed by atoms with Crippen LogP contribution in [0.4, 0.5) is 0 Å². The van der Waals surface area contributed by atoms with Crippen molar-refractivity contribution in [3.05, 3.63) is 133 Å². The Balaban J connectivity index is 0.000000170. The van der Waals surface area contributed by atoms with Crippen molar-refractivity contribution in [1.82, 2.24) is 0 Å². The van der Waals surface area contributed by atoms with Gasteiger partial charge in [-0.3, -0.25) is 4.79 Å². The summed E-state index contributed by atoms with van der Waals surface area (Å²) in [7, 11) is -0.956. The Morgan fingerprint density at radius 1 is 0.459 bits per heavy atom. The number of hydrogen-bond donors (Lipinski definition) is 2. The number of aliphatic hydroxyl groups is 2. The zero-order valence-corrected chi connectivity index (χ0v) is 39.2. The number of fused-ring (bicyclic) bond motifs is 2. The van der Waals surface area contributed by atoms with Crippen LogP contribution < -0.4 is 10.6 Å². The van der Waals surface area contributed by atoms with Crippen molar-refractivity contribution in [2.75, 3.05) is 26.4 Å². The van der Waals surface area contributed by atoms with Crippen molar-refractivity contribution in [3.63, 3.8) is 0 Å². The summed E-state index contributed by atoms with van der Waals surface area (Å²) in [6, 6.07) is 48.6. The second-order valence-corrected chi connectivity index (χ2v) is 26.5. The lowest BCUT2D eigenvalue weighted by Gasteiger charge is -2.55. The molecule has 3 saturated heterocycles. The predicted octanol–water partition coefficient (Wildman–Crippen LogP) is 12.2. The van der Waals surface area contributed by atoms with Gasteiger partial charge >= 0.3 is 0 Å². The summed E-state index contributed by atoms with van der Waals surface area (Å²) in [5.74, 6) is 0.00614. The maximum absolute atomic E-state index is 12.4. The van der Waals surface area contributed by atoms with E-state index in [-0.39, 0.29) is 33.8 Å². The number of ether oxygens (including phenoxy) is 2. The Morgan fingerprint density at radius 3 is 1.23 bits per heavy atom. The fourth-order valence-corrected chi connectivity index (χ4v) is 19.8. The molecule has 5 nitrogen and oxygen atoms in total. The van der Waals surface area contributed by atoms with Crippen molar-refractivity contribution >= 4 is 53.8 Å². The Labute approximate surface area is 366 Å². The molecule has 0 aliphatic carbocycles. The lowest BCUT2D eigenvalue weighted by molar-refractivity contribution is -0.178. The molecule has 3 heterocycles. The monoisotopic (exact) mass is 854 g/mol. The quantitative estimate of drug-likeness (QED) is 0.169. The average Bonchev–Trinajstić information content (AvgIpc) is 3.65. The minimum Gasteiger partial charge on any atom is -0.394 e. The average molecular weight is 855 g/mol. The predicted molar refractivity (Wildman–Crippen MR) is 260 cm³/mol. The van der Waals surface area contributed by atoms with E-state index >= 15 is 0 Å². The first-order chi connectivity index (χ1) is 29.0. The third kappa shape index (κ3) is 9.45. The number of benzene rings is 6. The van der Waals surface area contributed by atoms with E-state index in [2.05, 4.69) is 189 Å². The summed E-state index contributed by atoms with van der Waals surface area (Å²) in [4.78, 5) is 12.4. The van der Waals surface area contributed by atoms with Crippen LogP contribution in [0.1, 0.15) is 81.1 Å². The summed E-state index contributed by atoms with van der Waals surface area (Å²) < 4.78 is 12.4. The third-order valence-electron chi connectivity index (χ3n) is 12.4. The molecule has 0 aromatic heterocycles. The summed E-state index contributed by atoms with van der Waals surface area (Å²) in [6.45, 7) is 20.0. The normalized spacial score (nSPS) is 20.1. The van der Waals surface area contributed by atoms with E-state index in [0.29, 0.717) is 18.6 Å². The molecule has 0 amide bonds. The third-order valence-corrected chi connectivity index (χ3v) is 19.7. The maximum Gasteiger partial charge on any atom is 0.170 e. The Hall–Kier alpha value is -3.79. The lowest BCUT2D eigenvalue weighted by atomic mass is 9.91. The number of carbonyl (C=O) groups is 1. The highest BCUT2D eigenvalue weighted by Gasteiger charge is 2.57. The molecule has 6 aromatic carbocycles. The van der Waals surface area contributed by atoms with Gasteiger partial charge < -0.3 is 19.7 Å². The first kappa shape index (κ1) is 45.2. The summed E-state index contributed by atoms with van der Waals surface area (Å²) in [6.07, 6.45) is 3.29. The molecular weight excluding hydrogens is 791 g/mol. The van der Waals surface area contributed by atoms with Crippen LogP contribution in [0.3, 0.4) is 0 Å². The molecule has 0 saturated carbocycles. The first-order valence-corrected chi connectivity index (χ1v) is 24.5. The maximum atomic E-state index is 12.4. The second-order valence-electron chi connectivity index (χ2n) is 19.3. The highest BCUT2D eigenvalue weighted by atomic mass is 31.1. The summed E-state index contributed by atoms with van der Waals surface area (Å²) >= 11 is 0. The molecule has 0 radical (unpaired) electrons. The Morgan fingerprint density at radius 2 is 0.803 bits per heavy atom. The molecule has 3 aliphatic heterocycles. The molecule has 61 heavy (non-hydrogen) atoms. The number of Topliss-reactive ketones (excluding diaryl/α,β-unsaturated/α-hetero) is 1. The summed E-state index contributed by atoms with van der Waals surface area (Å²) in [5.41, 5.74) is 5.35. The first-order valence-electron chi connectivity index (χ1n) is 21.8. The van der Waals surface area contributed by atoms with Crippen LogP contribution in [0, 0.1) is 0 Å². The van der Waals surface area contributed by atoms with Crippen LogP contribution in [-0.2, 0) is 14.3 Å². The number of carbonyl (C=O) groups excluding carboxylic acids is 1. The minimum absolute atomic E-state index is 0.00878. The van der Waals surface area contributed by atoms with E-state index < -0.39 is 21.6 Å². The molecule has 7 heteroatoms. The van der Waals surface area contributed by atoms with Gasteiger partial charge in [0.15, 0.2) is 5.79 Å². The number of hydrogen-bond acceptors (Lipinski definition) is 5. The van der Waals surface area contributed by atoms with Gasteiger partial charge in [-0.1, -0.05) is 205 Å². The fourth-order valence-electron chi connectivity index (χ4n) is 11.1. The minimum atomic E-state index is -0.501. The van der Waals surface area contributed by atoms with Gasteiger partial charge in [-0.05, 0) is 75.0 Å². The van der Waals surface area contributed by atoms with Gasteiger partial charge in [0, 0.05) is 25.7 Å². The molecule has 3 fully saturated rings. The molecule has 3 aliphatic rings. The van der Waals surface area contributed by atoms with Crippen molar-refractivity contribution in [3.8, 4) is 22.3 Å². The zero-order chi connectivity index (χ0) is 43.6. The number of aliphatic hydroxyl groups excluding tert-OH is 2. The smallest absolute Gasteiger partial charge is 0.170 e. The molecule has 1 spiro atoms. The number of rotatable bonds is 5. The van der Waals surface area contributed by atoms with Crippen molar-refractivity contribution < 1.29 is 24.5 Å². The van der Waals surface area contributed by atoms with Gasteiger partial charge in [-0.15, -0.1) is 0 Å². The molecule has 2 N–H and O–H groups in total. The van der Waals surface area contributed by atoms with Crippen molar-refractivity contribution in [1.29, 1.82) is 0 Å². The molecular formula is C54H64O5P2. The Kier molecular flexibility index (Phi) is 13.4. The Bertz CT molecular complexity index is 2430. The van der Waals surface area contributed by atoms with Gasteiger partial charge in [0.1, 0.15) is 5.78 Å². The molecule has 0 bridgehead atoms. The molecule has 6 aromatic rings. The van der Waals surface area contributed by atoms with Crippen LogP contribution in [0.2, 0.25) is 0 Å². The fraction of sp³-hybridized carbons (Fsp3) is 0.389. The van der Waals surface area contributed by atoms with E-state index in [0.717, 1.165) is 26.1 Å². The van der Waals surface area contributed by atoms with E-state index in [1.807, 2.05) is 0 Å². The van der Waals surface area contributed by atoms with Crippen LogP contribution in [0.15, 0.2) is 133 Å². The van der Waals surface area contributed by atoms with Crippen LogP contribution in [-0.4, -0.2) is 68.8 Å². The highest BCUT2D eigenvalue weighted by Crippen LogP contribution is 2.69. The van der Waals surface area contributed by atoms with E-state index in [4.69, 9.17) is 19.7 Å². The SMILES string of the molecule is CC1(C)CC(=O)CC(C)(C)P1c1ccccc1-c1cccc2ccccc12.CC1(C)CC2(CC(C)(C)P1c1ccccc1-c1cccc3ccccc13)OCCO2.OCCO. The zero-order valence-electron chi connectivity index (χ0n) is 37.4. The van der Waals surface area contributed by atoms with Crippen LogP contribution in [0.25, 0.3) is 43.8 Å². The molecule has 320 valence electrons. The van der Waals surface area contributed by atoms with Crippen LogP contribution in [0.5, 0.6) is 0 Å². The van der Waals surface area contributed by atoms with E-state index in [9.17, 15) is 4.79 Å². The molecule has 0 unspecified atom stereocenters. The van der Waals surface area contributed by atoms with E-state index in [1.54, 1.807) is 0 Å². The highest BCUT2D eigenvalue weighted by molar-refractivity contribution is 7.69. The van der Waals surface area contributed by atoms with Gasteiger partial charge in [0.05, 0.1) is 26.4 Å². The lowest BCUT2D eigenvalue weighted by Crippen LogP contribution is -2.52. The van der Waals surface area contributed by atoms with Gasteiger partial charge in [0.25, 0.3) is 0 Å². The standard InChI is InChI=1S/C27H31O2P.C25H27OP.C2H6O2/c1-25(2)18-27(28-16-17-29-27)19-26(3,4)30(25)24-15-8-7-13-23(24)22-14-9-11-20-10-5-6-12-21(20)22;1-24(2)16-19(26)17-25(3,4)27(24)23-15-8-7-13-22(23)21-14-9-11-18-10-5-6-12-20(18)21;3-1-2-4/h5-15H,16-19H2,1-4H3;5-15H,16-17H2,1-4H3;3-4H,1-2H2.